The Morgan fingerprint density at radius 1 is 1.07 bits per heavy atom. The zero-order chi connectivity index (χ0) is 11.2. The molecule has 2 heteroatoms. The Bertz CT molecular complexity index is 392. The molecule has 0 amide bonds. The molecule has 0 aliphatic heterocycles. The van der Waals surface area contributed by atoms with Crippen molar-refractivity contribution in [2.75, 3.05) is 0 Å². The fraction of sp³-hybridized carbons (Fsp3) is 0.538. The second-order valence-corrected chi connectivity index (χ2v) is 5.00. The minimum Gasteiger partial charge on any atom is -0.323 e. The lowest BCUT2D eigenvalue weighted by Gasteiger charge is -2.22. The van der Waals surface area contributed by atoms with Crippen molar-refractivity contribution >= 4 is 0 Å². The van der Waals surface area contributed by atoms with E-state index in [0.717, 1.165) is 12.8 Å². The number of nitrogens with two attached hydrogens (primary N) is 2. The predicted molar refractivity (Wildman–Crippen MR) is 63.7 cm³/mol. The molecule has 0 bridgehead atoms. The van der Waals surface area contributed by atoms with Crippen molar-refractivity contribution in [1.82, 2.24) is 0 Å². The van der Waals surface area contributed by atoms with Crippen LogP contribution in [0.5, 0.6) is 0 Å². The Labute approximate surface area is 91.7 Å². The van der Waals surface area contributed by atoms with Gasteiger partial charge in [0, 0.05) is 11.6 Å². The molecule has 0 radical (unpaired) electrons. The van der Waals surface area contributed by atoms with E-state index in [1.54, 1.807) is 0 Å². The highest BCUT2D eigenvalue weighted by Crippen LogP contribution is 2.43. The second kappa shape index (κ2) is 3.32. The van der Waals surface area contributed by atoms with E-state index >= 15 is 0 Å². The van der Waals surface area contributed by atoms with Crippen molar-refractivity contribution < 1.29 is 0 Å². The van der Waals surface area contributed by atoms with Gasteiger partial charge < -0.3 is 11.5 Å². The van der Waals surface area contributed by atoms with Crippen LogP contribution in [-0.2, 0) is 0 Å². The predicted octanol–water partition coefficient (Wildman–Crippen LogP) is 2.10. The number of benzene rings is 1. The van der Waals surface area contributed by atoms with Gasteiger partial charge in [-0.3, -0.25) is 0 Å². The van der Waals surface area contributed by atoms with Gasteiger partial charge in [-0.05, 0) is 55.9 Å². The first kappa shape index (κ1) is 10.7. The first-order valence-electron chi connectivity index (χ1n) is 5.56. The van der Waals surface area contributed by atoms with E-state index in [9.17, 15) is 0 Å². The highest BCUT2D eigenvalue weighted by Gasteiger charge is 2.45. The summed E-state index contributed by atoms with van der Waals surface area (Å²) in [5.74, 6) is 0. The van der Waals surface area contributed by atoms with E-state index in [4.69, 9.17) is 11.5 Å². The fourth-order valence-corrected chi connectivity index (χ4v) is 2.08. The van der Waals surface area contributed by atoms with E-state index < -0.39 is 0 Å². The molecule has 0 aromatic heterocycles. The van der Waals surface area contributed by atoms with Crippen LogP contribution >= 0.6 is 0 Å². The van der Waals surface area contributed by atoms with Gasteiger partial charge in [0.25, 0.3) is 0 Å². The van der Waals surface area contributed by atoms with E-state index in [2.05, 4.69) is 32.9 Å². The van der Waals surface area contributed by atoms with Gasteiger partial charge in [0.1, 0.15) is 0 Å². The van der Waals surface area contributed by atoms with Crippen molar-refractivity contribution in [1.29, 1.82) is 0 Å². The summed E-state index contributed by atoms with van der Waals surface area (Å²) in [6.07, 6.45) is 2.11. The first-order valence-corrected chi connectivity index (χ1v) is 5.56. The minimum atomic E-state index is -0.132. The van der Waals surface area contributed by atoms with Gasteiger partial charge in [-0.2, -0.15) is 0 Å². The Balaban J connectivity index is 2.39. The number of aryl methyl sites for hydroxylation is 3. The molecule has 4 N–H and O–H groups in total. The minimum absolute atomic E-state index is 0.00296. The molecular weight excluding hydrogens is 184 g/mol. The van der Waals surface area contributed by atoms with Gasteiger partial charge in [0.05, 0.1) is 0 Å². The fourth-order valence-electron chi connectivity index (χ4n) is 2.08. The van der Waals surface area contributed by atoms with E-state index in [1.165, 1.54) is 22.3 Å². The molecule has 2 nitrogen and oxygen atoms in total. The zero-order valence-electron chi connectivity index (χ0n) is 9.80. The van der Waals surface area contributed by atoms with E-state index in [0.29, 0.717) is 0 Å². The van der Waals surface area contributed by atoms with Crippen molar-refractivity contribution in [3.8, 4) is 0 Å². The second-order valence-electron chi connectivity index (χ2n) is 5.00. The Morgan fingerprint density at radius 3 is 2.13 bits per heavy atom. The van der Waals surface area contributed by atoms with E-state index in [1.807, 2.05) is 0 Å². The molecule has 1 aromatic rings. The maximum atomic E-state index is 6.23. The molecule has 0 heterocycles. The third kappa shape index (κ3) is 1.80. The van der Waals surface area contributed by atoms with Crippen LogP contribution in [0, 0.1) is 20.8 Å². The van der Waals surface area contributed by atoms with Gasteiger partial charge in [-0.1, -0.05) is 12.1 Å². The standard InChI is InChI=1S/C13H20N2/c1-8-6-10(3)11(7-9(8)2)12(14)13(15)4-5-13/h6-7,12H,4-5,14-15H2,1-3H3. The van der Waals surface area contributed by atoms with Gasteiger partial charge in [0.2, 0.25) is 0 Å². The lowest BCUT2D eigenvalue weighted by molar-refractivity contribution is 0.533. The molecule has 2 rings (SSSR count). The van der Waals surface area contributed by atoms with Crippen LogP contribution < -0.4 is 11.5 Å². The molecule has 0 spiro atoms. The average molecular weight is 204 g/mol. The first-order chi connectivity index (χ1) is 6.94. The molecule has 1 unspecified atom stereocenters. The smallest absolute Gasteiger partial charge is 0.0480 e. The monoisotopic (exact) mass is 204 g/mol. The van der Waals surface area contributed by atoms with Gasteiger partial charge in [-0.25, -0.2) is 0 Å². The maximum Gasteiger partial charge on any atom is 0.0480 e. The summed E-state index contributed by atoms with van der Waals surface area (Å²) in [5, 5.41) is 0. The lowest BCUT2D eigenvalue weighted by Crippen LogP contribution is -2.36. The number of hydrogen-bond acceptors (Lipinski definition) is 2. The Hall–Kier alpha value is -0.860. The van der Waals surface area contributed by atoms with Crippen LogP contribution in [0.4, 0.5) is 0 Å². The van der Waals surface area contributed by atoms with Crippen molar-refractivity contribution in [2.45, 2.75) is 45.2 Å². The molecule has 1 saturated carbocycles. The average Bonchev–Trinajstić information content (AvgIpc) is 2.90. The summed E-state index contributed by atoms with van der Waals surface area (Å²) in [5.41, 5.74) is 17.4. The molecule has 1 fully saturated rings. The van der Waals surface area contributed by atoms with Crippen LogP contribution in [0.25, 0.3) is 0 Å². The number of hydrogen-bond donors (Lipinski definition) is 2. The topological polar surface area (TPSA) is 52.0 Å². The third-order valence-corrected chi connectivity index (χ3v) is 3.66. The SMILES string of the molecule is Cc1cc(C)c(C(N)C2(N)CC2)cc1C. The molecule has 1 aromatic carbocycles. The van der Waals surface area contributed by atoms with Crippen LogP contribution in [-0.4, -0.2) is 5.54 Å². The van der Waals surface area contributed by atoms with Crippen LogP contribution in [0.3, 0.4) is 0 Å². The number of rotatable bonds is 2. The molecule has 1 atom stereocenters. The zero-order valence-corrected chi connectivity index (χ0v) is 9.80. The Morgan fingerprint density at radius 2 is 1.60 bits per heavy atom. The largest absolute Gasteiger partial charge is 0.323 e. The summed E-state index contributed by atoms with van der Waals surface area (Å²) in [6, 6.07) is 4.40. The van der Waals surface area contributed by atoms with E-state index in [-0.39, 0.29) is 11.6 Å². The van der Waals surface area contributed by atoms with Crippen molar-refractivity contribution in [2.24, 2.45) is 11.5 Å². The lowest BCUT2D eigenvalue weighted by atomic mass is 9.91. The van der Waals surface area contributed by atoms with Crippen LogP contribution in [0.15, 0.2) is 12.1 Å². The quantitative estimate of drug-likeness (QED) is 0.775. The highest BCUT2D eigenvalue weighted by molar-refractivity contribution is 5.40. The van der Waals surface area contributed by atoms with Crippen molar-refractivity contribution in [3.63, 3.8) is 0 Å². The third-order valence-electron chi connectivity index (χ3n) is 3.66. The normalized spacial score (nSPS) is 20.1. The maximum absolute atomic E-state index is 6.23. The molecule has 1 aliphatic carbocycles. The highest BCUT2D eigenvalue weighted by atomic mass is 14.9. The van der Waals surface area contributed by atoms with Crippen LogP contribution in [0.2, 0.25) is 0 Å². The van der Waals surface area contributed by atoms with Gasteiger partial charge in [-0.15, -0.1) is 0 Å². The van der Waals surface area contributed by atoms with Crippen LogP contribution in [0.1, 0.15) is 41.1 Å². The molecule has 15 heavy (non-hydrogen) atoms. The summed E-state index contributed by atoms with van der Waals surface area (Å²) < 4.78 is 0. The summed E-state index contributed by atoms with van der Waals surface area (Å²) >= 11 is 0. The van der Waals surface area contributed by atoms with Gasteiger partial charge in [0.15, 0.2) is 0 Å². The molecule has 82 valence electrons. The Kier molecular flexibility index (Phi) is 2.36. The van der Waals surface area contributed by atoms with Crippen molar-refractivity contribution in [3.05, 3.63) is 34.4 Å². The summed E-state index contributed by atoms with van der Waals surface area (Å²) in [6.45, 7) is 6.38. The molecular formula is C13H20N2. The molecule has 0 saturated heterocycles. The molecule has 1 aliphatic rings. The summed E-state index contributed by atoms with van der Waals surface area (Å²) in [7, 11) is 0. The summed E-state index contributed by atoms with van der Waals surface area (Å²) in [4.78, 5) is 0. The van der Waals surface area contributed by atoms with Gasteiger partial charge >= 0.3 is 0 Å².